The molecule has 0 saturated heterocycles. The van der Waals surface area contributed by atoms with Crippen LogP contribution in [-0.4, -0.2) is 20.7 Å². The lowest BCUT2D eigenvalue weighted by atomic mass is 10.3. The Bertz CT molecular complexity index is 965. The van der Waals surface area contributed by atoms with Gasteiger partial charge in [0.1, 0.15) is 0 Å². The lowest BCUT2D eigenvalue weighted by Crippen LogP contribution is -2.01. The quantitative estimate of drug-likeness (QED) is 0.454. The number of nitrogens with zero attached hydrogens (tertiary/aromatic N) is 4. The summed E-state index contributed by atoms with van der Waals surface area (Å²) in [6.45, 7) is 2.95. The number of hydrogen-bond donors (Lipinski definition) is 1. The summed E-state index contributed by atoms with van der Waals surface area (Å²) in [5, 5.41) is 5.08. The van der Waals surface area contributed by atoms with Gasteiger partial charge in [0.25, 0.3) is 0 Å². The Labute approximate surface area is 137 Å². The fraction of sp³-hybridized carbons (Fsp3) is 0.118. The topological polar surface area (TPSA) is 55.1 Å². The Morgan fingerprint density at radius 3 is 2.70 bits per heavy atom. The first-order chi connectivity index (χ1) is 11.3. The minimum Gasteiger partial charge on any atom is -0.323 e. The summed E-state index contributed by atoms with van der Waals surface area (Å²) in [5.74, 6) is 0.835. The van der Waals surface area contributed by atoms with Crippen LogP contribution in [-0.2, 0) is 6.54 Å². The van der Waals surface area contributed by atoms with E-state index in [2.05, 4.69) is 44.1 Å². The molecule has 0 aliphatic carbocycles. The molecule has 0 spiro atoms. The molecule has 0 bridgehead atoms. The van der Waals surface area contributed by atoms with Gasteiger partial charge in [-0.15, -0.1) is 0 Å². The fourth-order valence-electron chi connectivity index (χ4n) is 2.59. The lowest BCUT2D eigenvalue weighted by Gasteiger charge is -2.01. The van der Waals surface area contributed by atoms with Crippen molar-refractivity contribution < 1.29 is 0 Å². The standard InChI is InChI=1S/C17H15N5S/c1-2-22-14-9-5-3-7-12(14)19-16(22)11-18-21-17-20-13-8-4-6-10-15(13)23-17/h3-11H,2H2,1H3,(H,20,21). The van der Waals surface area contributed by atoms with E-state index in [1.807, 2.05) is 36.4 Å². The highest BCUT2D eigenvalue weighted by atomic mass is 32.1. The number of para-hydroxylation sites is 3. The summed E-state index contributed by atoms with van der Waals surface area (Å²) >= 11 is 1.58. The molecule has 2 aromatic carbocycles. The van der Waals surface area contributed by atoms with Gasteiger partial charge in [0.2, 0.25) is 5.13 Å². The van der Waals surface area contributed by atoms with Gasteiger partial charge in [-0.1, -0.05) is 35.6 Å². The molecule has 2 aromatic heterocycles. The van der Waals surface area contributed by atoms with Crippen molar-refractivity contribution in [2.75, 3.05) is 5.43 Å². The Morgan fingerprint density at radius 1 is 1.09 bits per heavy atom. The molecule has 0 radical (unpaired) electrons. The molecule has 114 valence electrons. The first kappa shape index (κ1) is 13.9. The van der Waals surface area contributed by atoms with Crippen molar-refractivity contribution in [3.8, 4) is 0 Å². The zero-order valence-corrected chi connectivity index (χ0v) is 13.4. The third-order valence-electron chi connectivity index (χ3n) is 3.63. The van der Waals surface area contributed by atoms with Crippen LogP contribution >= 0.6 is 11.3 Å². The van der Waals surface area contributed by atoms with E-state index < -0.39 is 0 Å². The molecule has 0 atom stereocenters. The van der Waals surface area contributed by atoms with Gasteiger partial charge in [-0.05, 0) is 31.2 Å². The van der Waals surface area contributed by atoms with E-state index in [1.165, 1.54) is 0 Å². The molecule has 23 heavy (non-hydrogen) atoms. The van der Waals surface area contributed by atoms with Crippen molar-refractivity contribution >= 4 is 43.9 Å². The molecule has 2 heterocycles. The third-order valence-corrected chi connectivity index (χ3v) is 4.58. The smallest absolute Gasteiger partial charge is 0.204 e. The zero-order chi connectivity index (χ0) is 15.6. The maximum atomic E-state index is 4.61. The molecular formula is C17H15N5S. The van der Waals surface area contributed by atoms with Crippen molar-refractivity contribution in [2.24, 2.45) is 5.10 Å². The number of hydrazone groups is 1. The Balaban J connectivity index is 1.61. The van der Waals surface area contributed by atoms with E-state index in [0.29, 0.717) is 0 Å². The third kappa shape index (κ3) is 2.57. The first-order valence-corrected chi connectivity index (χ1v) is 8.26. The van der Waals surface area contributed by atoms with E-state index in [1.54, 1.807) is 17.6 Å². The number of imidazole rings is 1. The minimum atomic E-state index is 0.779. The second kappa shape index (κ2) is 5.81. The molecule has 0 fully saturated rings. The zero-order valence-electron chi connectivity index (χ0n) is 12.6. The van der Waals surface area contributed by atoms with Gasteiger partial charge in [0.05, 0.1) is 27.5 Å². The number of rotatable bonds is 4. The summed E-state index contributed by atoms with van der Waals surface area (Å²) in [6.07, 6.45) is 1.75. The molecule has 6 heteroatoms. The lowest BCUT2D eigenvalue weighted by molar-refractivity contribution is 0.780. The number of nitrogens with one attached hydrogen (secondary N) is 1. The van der Waals surface area contributed by atoms with E-state index in [-0.39, 0.29) is 0 Å². The molecule has 0 aliphatic rings. The second-order valence-electron chi connectivity index (χ2n) is 5.06. The maximum Gasteiger partial charge on any atom is 0.204 e. The number of hydrogen-bond acceptors (Lipinski definition) is 5. The summed E-state index contributed by atoms with van der Waals surface area (Å²) in [4.78, 5) is 9.11. The maximum absolute atomic E-state index is 4.61. The van der Waals surface area contributed by atoms with E-state index in [4.69, 9.17) is 0 Å². The molecule has 0 amide bonds. The molecule has 4 aromatic rings. The van der Waals surface area contributed by atoms with Crippen LogP contribution in [0.3, 0.4) is 0 Å². The predicted octanol–water partition coefficient (Wildman–Crippen LogP) is 4.11. The van der Waals surface area contributed by atoms with Gasteiger partial charge in [-0.2, -0.15) is 5.10 Å². The van der Waals surface area contributed by atoms with Crippen LogP contribution in [0, 0.1) is 0 Å². The summed E-state index contributed by atoms with van der Waals surface area (Å²) in [6, 6.07) is 16.2. The van der Waals surface area contributed by atoms with Gasteiger partial charge in [-0.3, -0.25) is 5.43 Å². The van der Waals surface area contributed by atoms with Crippen molar-refractivity contribution in [3.63, 3.8) is 0 Å². The van der Waals surface area contributed by atoms with Crippen molar-refractivity contribution in [2.45, 2.75) is 13.5 Å². The van der Waals surface area contributed by atoms with Gasteiger partial charge in [-0.25, -0.2) is 9.97 Å². The average Bonchev–Trinajstić information content (AvgIpc) is 3.14. The first-order valence-electron chi connectivity index (χ1n) is 7.45. The van der Waals surface area contributed by atoms with Gasteiger partial charge >= 0.3 is 0 Å². The van der Waals surface area contributed by atoms with Crippen LogP contribution in [0.2, 0.25) is 0 Å². The normalized spacial score (nSPS) is 11.7. The highest BCUT2D eigenvalue weighted by Crippen LogP contribution is 2.25. The number of fused-ring (bicyclic) bond motifs is 2. The van der Waals surface area contributed by atoms with Crippen molar-refractivity contribution in [1.82, 2.24) is 14.5 Å². The number of thiazole rings is 1. The molecule has 4 rings (SSSR count). The highest BCUT2D eigenvalue weighted by Gasteiger charge is 2.07. The predicted molar refractivity (Wildman–Crippen MR) is 96.2 cm³/mol. The van der Waals surface area contributed by atoms with E-state index in [0.717, 1.165) is 38.8 Å². The molecule has 0 unspecified atom stereocenters. The molecule has 0 aliphatic heterocycles. The summed E-state index contributed by atoms with van der Waals surface area (Å²) in [7, 11) is 0. The van der Waals surface area contributed by atoms with E-state index >= 15 is 0 Å². The number of aromatic nitrogens is 3. The fourth-order valence-corrected chi connectivity index (χ4v) is 3.41. The van der Waals surface area contributed by atoms with Crippen LogP contribution in [0.15, 0.2) is 53.6 Å². The molecular weight excluding hydrogens is 306 g/mol. The van der Waals surface area contributed by atoms with Crippen molar-refractivity contribution in [1.29, 1.82) is 0 Å². The largest absolute Gasteiger partial charge is 0.323 e. The summed E-state index contributed by atoms with van der Waals surface area (Å²) < 4.78 is 3.28. The second-order valence-corrected chi connectivity index (χ2v) is 6.09. The van der Waals surface area contributed by atoms with Gasteiger partial charge < -0.3 is 4.57 Å². The van der Waals surface area contributed by atoms with Crippen LogP contribution in [0.25, 0.3) is 21.3 Å². The highest BCUT2D eigenvalue weighted by molar-refractivity contribution is 7.22. The Hall–Kier alpha value is -2.73. The van der Waals surface area contributed by atoms with Gasteiger partial charge in [0, 0.05) is 6.54 Å². The van der Waals surface area contributed by atoms with Gasteiger partial charge in [0.15, 0.2) is 5.82 Å². The van der Waals surface area contributed by atoms with Crippen LogP contribution in [0.4, 0.5) is 5.13 Å². The Kier molecular flexibility index (Phi) is 3.51. The molecule has 0 saturated carbocycles. The van der Waals surface area contributed by atoms with Crippen LogP contribution in [0.5, 0.6) is 0 Å². The monoisotopic (exact) mass is 321 g/mol. The van der Waals surface area contributed by atoms with Crippen molar-refractivity contribution in [3.05, 3.63) is 54.4 Å². The van der Waals surface area contributed by atoms with E-state index in [9.17, 15) is 0 Å². The Morgan fingerprint density at radius 2 is 1.87 bits per heavy atom. The molecule has 5 nitrogen and oxygen atoms in total. The van der Waals surface area contributed by atoms with Crippen LogP contribution in [0.1, 0.15) is 12.7 Å². The average molecular weight is 321 g/mol. The summed E-state index contributed by atoms with van der Waals surface area (Å²) in [5.41, 5.74) is 6.09. The minimum absolute atomic E-state index is 0.779. The van der Waals surface area contributed by atoms with Crippen LogP contribution < -0.4 is 5.43 Å². The number of anilines is 1. The molecule has 1 N–H and O–H groups in total. The number of aryl methyl sites for hydroxylation is 1. The SMILES string of the molecule is CCn1c(C=NNc2nc3ccccc3s2)nc2ccccc21. The number of benzene rings is 2.